The van der Waals surface area contributed by atoms with Crippen molar-refractivity contribution in [1.82, 2.24) is 0 Å². The van der Waals surface area contributed by atoms with Crippen LogP contribution in [0.25, 0.3) is 0 Å². The number of benzene rings is 2. The predicted octanol–water partition coefficient (Wildman–Crippen LogP) is 0.580. The third-order valence-corrected chi connectivity index (χ3v) is 9.05. The van der Waals surface area contributed by atoms with Crippen molar-refractivity contribution in [2.45, 2.75) is 0 Å². The summed E-state index contributed by atoms with van der Waals surface area (Å²) in [6.45, 7) is 0. The van der Waals surface area contributed by atoms with Crippen LogP contribution in [0.15, 0.2) is 60.7 Å². The van der Waals surface area contributed by atoms with Crippen molar-refractivity contribution >= 4 is 37.0 Å². The molecule has 2 rings (SSSR count). The molecular weight excluding hydrogens is 228 g/mol. The van der Waals surface area contributed by atoms with Crippen LogP contribution in [0.4, 0.5) is 0 Å². The lowest BCUT2D eigenvalue weighted by Gasteiger charge is -2.12. The first-order valence-electron chi connectivity index (χ1n) is 4.82. The minimum atomic E-state index is -0.598. The summed E-state index contributed by atoms with van der Waals surface area (Å²) in [5, 5.41) is 2.95. The summed E-state index contributed by atoms with van der Waals surface area (Å²) in [4.78, 5) is 0. The van der Waals surface area contributed by atoms with E-state index >= 15 is 0 Å². The van der Waals surface area contributed by atoms with Crippen LogP contribution in [0.3, 0.4) is 0 Å². The Hall–Kier alpha value is -0.909. The Morgan fingerprint density at radius 1 is 0.733 bits per heavy atom. The van der Waals surface area contributed by atoms with Crippen LogP contribution in [0, 0.1) is 0 Å². The van der Waals surface area contributed by atoms with Gasteiger partial charge in [-0.05, 0) is 0 Å². The highest BCUT2D eigenvalue weighted by atomic mass is 29.5. The van der Waals surface area contributed by atoms with Crippen LogP contribution in [-0.2, 0) is 0 Å². The summed E-state index contributed by atoms with van der Waals surface area (Å²) in [7, 11) is 3.93. The molecule has 6 radical (unpaired) electrons. The van der Waals surface area contributed by atoms with E-state index in [0.29, 0.717) is 0 Å². The second-order valence-corrected chi connectivity index (χ2v) is 9.89. The molecule has 0 atom stereocenters. The van der Waals surface area contributed by atoms with Gasteiger partial charge < -0.3 is 0 Å². The lowest BCUT2D eigenvalue weighted by atomic mass is 10.4. The minimum Gasteiger partial charge on any atom is -0.0632 e. The first-order valence-corrected chi connectivity index (χ1v) is 9.82. The van der Waals surface area contributed by atoms with Crippen LogP contribution in [0.1, 0.15) is 0 Å². The van der Waals surface area contributed by atoms with Gasteiger partial charge in [-0.25, -0.2) is 0 Å². The molecule has 2 aromatic rings. The molecule has 0 amide bonds. The van der Waals surface area contributed by atoms with Crippen LogP contribution in [0.2, 0.25) is 0 Å². The van der Waals surface area contributed by atoms with Crippen LogP contribution in [-0.4, -0.2) is 26.6 Å². The van der Waals surface area contributed by atoms with Gasteiger partial charge in [-0.2, -0.15) is 0 Å². The molecule has 0 heterocycles. The first kappa shape index (κ1) is 10.6. The van der Waals surface area contributed by atoms with Crippen molar-refractivity contribution in [3.05, 3.63) is 60.7 Å². The van der Waals surface area contributed by atoms with Crippen molar-refractivity contribution in [3.8, 4) is 0 Å². The second kappa shape index (κ2) is 5.25. The minimum absolute atomic E-state index is 0.598. The maximum Gasteiger partial charge on any atom is 0.102 e. The molecule has 0 fully saturated rings. The molecule has 0 nitrogen and oxygen atoms in total. The van der Waals surface area contributed by atoms with Crippen molar-refractivity contribution in [1.29, 1.82) is 0 Å². The summed E-state index contributed by atoms with van der Waals surface area (Å²) in [6.07, 6.45) is 0. The Kier molecular flexibility index (Phi) is 3.71. The Balaban J connectivity index is 2.34. The molecule has 0 spiro atoms. The van der Waals surface area contributed by atoms with E-state index < -0.39 is 8.31 Å². The average molecular weight is 238 g/mol. The van der Waals surface area contributed by atoms with Crippen molar-refractivity contribution < 1.29 is 0 Å². The Morgan fingerprint density at radius 2 is 1.13 bits per heavy atom. The number of rotatable bonds is 3. The van der Waals surface area contributed by atoms with Gasteiger partial charge >= 0.3 is 0 Å². The standard InChI is InChI=1S/C12H10Si3/c13-14-15(11-7-3-1-4-8-11)12-9-5-2-6-10-12/h1-10H. The Morgan fingerprint density at radius 3 is 1.47 bits per heavy atom. The van der Waals surface area contributed by atoms with E-state index in [1.165, 1.54) is 10.4 Å². The molecule has 0 bridgehead atoms. The van der Waals surface area contributed by atoms with E-state index in [9.17, 15) is 0 Å². The maximum absolute atomic E-state index is 3.71. The monoisotopic (exact) mass is 238 g/mol. The van der Waals surface area contributed by atoms with E-state index in [1.807, 2.05) is 0 Å². The summed E-state index contributed by atoms with van der Waals surface area (Å²) in [5.74, 6) is 0. The zero-order valence-electron chi connectivity index (χ0n) is 8.27. The molecule has 0 N–H and O–H groups in total. The molecule has 3 heteroatoms. The predicted molar refractivity (Wildman–Crippen MR) is 69.4 cm³/mol. The van der Waals surface area contributed by atoms with Gasteiger partial charge in [0, 0.05) is 18.3 Å². The molecule has 0 unspecified atom stereocenters. The Labute approximate surface area is 97.8 Å². The van der Waals surface area contributed by atoms with Crippen LogP contribution in [0.5, 0.6) is 0 Å². The molecule has 15 heavy (non-hydrogen) atoms. The summed E-state index contributed by atoms with van der Waals surface area (Å²) in [6, 6.07) is 21.6. The molecule has 0 aliphatic rings. The van der Waals surface area contributed by atoms with Crippen molar-refractivity contribution in [3.63, 3.8) is 0 Å². The molecule has 70 valence electrons. The van der Waals surface area contributed by atoms with Crippen molar-refractivity contribution in [2.75, 3.05) is 0 Å². The fourth-order valence-corrected chi connectivity index (χ4v) is 7.66. The highest BCUT2D eigenvalue weighted by Gasteiger charge is 2.13. The molecular formula is C12H10Si3. The topological polar surface area (TPSA) is 0 Å². The smallest absolute Gasteiger partial charge is 0.0632 e. The molecule has 0 aliphatic carbocycles. The second-order valence-electron chi connectivity index (χ2n) is 3.23. The van der Waals surface area contributed by atoms with Crippen LogP contribution >= 0.6 is 0 Å². The molecule has 0 saturated heterocycles. The van der Waals surface area contributed by atoms with Gasteiger partial charge in [0.15, 0.2) is 0 Å². The maximum atomic E-state index is 3.71. The van der Waals surface area contributed by atoms with E-state index in [0.717, 1.165) is 8.55 Å². The Bertz CT molecular complexity index is 360. The van der Waals surface area contributed by atoms with E-state index in [-0.39, 0.29) is 0 Å². The van der Waals surface area contributed by atoms with Gasteiger partial charge in [0.25, 0.3) is 0 Å². The lowest BCUT2D eigenvalue weighted by Crippen LogP contribution is -2.47. The molecule has 0 saturated carbocycles. The fourth-order valence-electron chi connectivity index (χ4n) is 1.52. The molecule has 0 aromatic heterocycles. The normalized spacial score (nSPS) is 10.5. The highest BCUT2D eigenvalue weighted by Crippen LogP contribution is 1.90. The average Bonchev–Trinajstić information content (AvgIpc) is 2.33. The molecule has 2 aromatic carbocycles. The summed E-state index contributed by atoms with van der Waals surface area (Å²) in [5.41, 5.74) is 0. The quantitative estimate of drug-likeness (QED) is 0.686. The largest absolute Gasteiger partial charge is 0.102 e. The van der Waals surface area contributed by atoms with Gasteiger partial charge in [0.05, 0.1) is 0 Å². The third-order valence-electron chi connectivity index (χ3n) is 2.25. The molecule has 0 aliphatic heterocycles. The van der Waals surface area contributed by atoms with E-state index in [4.69, 9.17) is 0 Å². The van der Waals surface area contributed by atoms with Crippen LogP contribution < -0.4 is 10.4 Å². The van der Waals surface area contributed by atoms with Gasteiger partial charge in [-0.1, -0.05) is 71.0 Å². The van der Waals surface area contributed by atoms with Gasteiger partial charge in [-0.15, -0.1) is 0 Å². The third kappa shape index (κ3) is 2.56. The van der Waals surface area contributed by atoms with Gasteiger partial charge in [0.1, 0.15) is 8.31 Å². The van der Waals surface area contributed by atoms with Gasteiger partial charge in [0.2, 0.25) is 0 Å². The SMILES string of the molecule is [Si][Si][Si](c1ccccc1)c1ccccc1. The summed E-state index contributed by atoms with van der Waals surface area (Å²) < 4.78 is 0. The number of hydrogen-bond donors (Lipinski definition) is 0. The van der Waals surface area contributed by atoms with Crippen molar-refractivity contribution in [2.24, 2.45) is 0 Å². The van der Waals surface area contributed by atoms with E-state index in [1.54, 1.807) is 0 Å². The van der Waals surface area contributed by atoms with E-state index in [2.05, 4.69) is 70.4 Å². The first-order chi connectivity index (χ1) is 7.42. The zero-order valence-corrected chi connectivity index (χ0v) is 11.3. The lowest BCUT2D eigenvalue weighted by molar-refractivity contribution is 1.74. The summed E-state index contributed by atoms with van der Waals surface area (Å²) >= 11 is 0. The fraction of sp³-hybridized carbons (Fsp3) is 0. The number of hydrogen-bond acceptors (Lipinski definition) is 0. The highest BCUT2D eigenvalue weighted by molar-refractivity contribution is 7.39. The van der Waals surface area contributed by atoms with Gasteiger partial charge in [-0.3, -0.25) is 0 Å². The zero-order chi connectivity index (χ0) is 10.5.